The molecule has 4 aliphatic rings. The Hall–Kier alpha value is -1.85. The van der Waals surface area contributed by atoms with Gasteiger partial charge in [-0.3, -0.25) is 9.69 Å². The lowest BCUT2D eigenvalue weighted by Crippen LogP contribution is -2.55. The Morgan fingerprint density at radius 2 is 1.94 bits per heavy atom. The van der Waals surface area contributed by atoms with E-state index in [9.17, 15) is 9.90 Å². The molecule has 0 amide bonds. The van der Waals surface area contributed by atoms with Gasteiger partial charge in [0.15, 0.2) is 0 Å². The van der Waals surface area contributed by atoms with Crippen LogP contribution in [0, 0.1) is 37.0 Å². The number of ether oxygens (including phenoxy) is 1. The number of esters is 1. The van der Waals surface area contributed by atoms with Crippen molar-refractivity contribution < 1.29 is 14.6 Å². The number of piperazine rings is 1. The number of fused-ring (bicyclic) bond motifs is 2. The second kappa shape index (κ2) is 8.18. The third-order valence-corrected chi connectivity index (χ3v) is 9.31. The van der Waals surface area contributed by atoms with Crippen molar-refractivity contribution in [2.75, 3.05) is 37.6 Å². The number of aryl methyl sites for hydroxylation is 1. The highest BCUT2D eigenvalue weighted by Gasteiger charge is 2.59. The van der Waals surface area contributed by atoms with E-state index < -0.39 is 6.10 Å². The Morgan fingerprint density at radius 3 is 2.69 bits per heavy atom. The Bertz CT molecular complexity index is 919. The number of hydrogen-bond acceptors (Lipinski definition) is 5. The molecule has 5 heteroatoms. The lowest BCUT2D eigenvalue weighted by molar-refractivity contribution is -0.145. The maximum atomic E-state index is 12.9. The van der Waals surface area contributed by atoms with Crippen LogP contribution >= 0.6 is 0 Å². The summed E-state index contributed by atoms with van der Waals surface area (Å²) >= 11 is 0. The lowest BCUT2D eigenvalue weighted by Gasteiger charge is -2.52. The first-order valence-electron chi connectivity index (χ1n) is 12.4. The van der Waals surface area contributed by atoms with E-state index in [1.807, 2.05) is 0 Å². The predicted octanol–water partition coefficient (Wildman–Crippen LogP) is 3.71. The van der Waals surface area contributed by atoms with Gasteiger partial charge in [0, 0.05) is 56.2 Å². The monoisotopic (exact) mass is 438 g/mol. The minimum Gasteiger partial charge on any atom is -0.461 e. The molecule has 3 fully saturated rings. The number of benzene rings is 1. The molecule has 1 saturated carbocycles. The topological polar surface area (TPSA) is 53.0 Å². The average Bonchev–Trinajstić information content (AvgIpc) is 3.08. The molecule has 2 saturated heterocycles. The lowest BCUT2D eigenvalue weighted by atomic mass is 9.55. The molecule has 0 bridgehead atoms. The first-order chi connectivity index (χ1) is 15.3. The van der Waals surface area contributed by atoms with Gasteiger partial charge in [0.25, 0.3) is 0 Å². The molecule has 0 radical (unpaired) electrons. The number of nitrogens with zero attached hydrogens (tertiary/aromatic N) is 2. The van der Waals surface area contributed by atoms with E-state index >= 15 is 0 Å². The first-order valence-corrected chi connectivity index (χ1v) is 12.4. The van der Waals surface area contributed by atoms with Crippen LogP contribution in [0.3, 0.4) is 0 Å². The maximum Gasteiger partial charge on any atom is 0.311 e. The van der Waals surface area contributed by atoms with Gasteiger partial charge in [0.1, 0.15) is 6.10 Å². The average molecular weight is 439 g/mol. The molecule has 0 spiro atoms. The first kappa shape index (κ1) is 22.0. The summed E-state index contributed by atoms with van der Waals surface area (Å²) in [7, 11) is 0. The van der Waals surface area contributed by atoms with Crippen LogP contribution in [0.5, 0.6) is 0 Å². The van der Waals surface area contributed by atoms with Gasteiger partial charge < -0.3 is 14.7 Å². The summed E-state index contributed by atoms with van der Waals surface area (Å²) in [5.41, 5.74) is 5.08. The minimum atomic E-state index is -0.518. The molecule has 5 rings (SSSR count). The number of carbonyl (C=O) groups is 1. The molecular formula is C27H38N2O3. The van der Waals surface area contributed by atoms with Crippen LogP contribution in [0.2, 0.25) is 0 Å². The summed E-state index contributed by atoms with van der Waals surface area (Å²) < 4.78 is 5.86. The molecule has 174 valence electrons. The fourth-order valence-electron chi connectivity index (χ4n) is 6.80. The van der Waals surface area contributed by atoms with Gasteiger partial charge in [-0.2, -0.15) is 0 Å². The van der Waals surface area contributed by atoms with Crippen molar-refractivity contribution in [1.29, 1.82) is 0 Å². The molecule has 1 aromatic rings. The Balaban J connectivity index is 1.28. The minimum absolute atomic E-state index is 0.0951. The van der Waals surface area contributed by atoms with Crippen LogP contribution in [0.15, 0.2) is 29.8 Å². The molecule has 0 aromatic heterocycles. The molecule has 2 aliphatic heterocycles. The zero-order valence-electron chi connectivity index (χ0n) is 20.0. The molecule has 1 aromatic carbocycles. The second-order valence-electron chi connectivity index (χ2n) is 10.8. The Labute approximate surface area is 192 Å². The number of allylic oxidation sites excluding steroid dienone is 1. The van der Waals surface area contributed by atoms with E-state index in [1.54, 1.807) is 0 Å². The van der Waals surface area contributed by atoms with E-state index in [4.69, 9.17) is 4.74 Å². The second-order valence-corrected chi connectivity index (χ2v) is 10.8. The highest BCUT2D eigenvalue weighted by Crippen LogP contribution is 2.56. The molecule has 32 heavy (non-hydrogen) atoms. The van der Waals surface area contributed by atoms with Crippen LogP contribution in [0.1, 0.15) is 44.2 Å². The highest BCUT2D eigenvalue weighted by molar-refractivity contribution is 5.76. The summed E-state index contributed by atoms with van der Waals surface area (Å²) in [6, 6.07) is 6.52. The standard InChI is InChI=1S/C27H38N2O3/c1-17-7-5-10-22(19(17)3)29-13-11-28(12-14-29)16-21-24-23(32-26(21)31)15-20-9-6-8-18(2)27(20,4)25(24)30/h5,7,9-10,18,21,23-25,30H,6,8,11-16H2,1-4H3/t18-,21-,23-,24+,25-,27-/m1/s1. The zero-order chi connectivity index (χ0) is 22.6. The van der Waals surface area contributed by atoms with Gasteiger partial charge in [-0.1, -0.05) is 37.6 Å². The van der Waals surface area contributed by atoms with Gasteiger partial charge >= 0.3 is 5.97 Å². The third-order valence-electron chi connectivity index (χ3n) is 9.31. The van der Waals surface area contributed by atoms with Gasteiger partial charge in [-0.25, -0.2) is 0 Å². The Morgan fingerprint density at radius 1 is 1.19 bits per heavy atom. The van der Waals surface area contributed by atoms with Crippen molar-refractivity contribution in [2.45, 2.75) is 59.2 Å². The van der Waals surface area contributed by atoms with Crippen molar-refractivity contribution in [3.63, 3.8) is 0 Å². The highest BCUT2D eigenvalue weighted by atomic mass is 16.6. The normalized spacial score (nSPS) is 37.5. The largest absolute Gasteiger partial charge is 0.461 e. The number of anilines is 1. The molecule has 1 N–H and O–H groups in total. The van der Waals surface area contributed by atoms with Crippen LogP contribution in [0.25, 0.3) is 0 Å². The smallest absolute Gasteiger partial charge is 0.311 e. The zero-order valence-corrected chi connectivity index (χ0v) is 20.0. The fraction of sp³-hybridized carbons (Fsp3) is 0.667. The number of hydrogen-bond donors (Lipinski definition) is 1. The third kappa shape index (κ3) is 3.40. The van der Waals surface area contributed by atoms with E-state index in [-0.39, 0.29) is 29.3 Å². The van der Waals surface area contributed by atoms with Gasteiger partial charge in [-0.15, -0.1) is 0 Å². The van der Waals surface area contributed by atoms with E-state index in [2.05, 4.69) is 61.8 Å². The van der Waals surface area contributed by atoms with Gasteiger partial charge in [-0.05, 0) is 49.8 Å². The summed E-state index contributed by atoms with van der Waals surface area (Å²) in [6.45, 7) is 13.3. The van der Waals surface area contributed by atoms with Crippen molar-refractivity contribution in [3.05, 3.63) is 41.0 Å². The van der Waals surface area contributed by atoms with Gasteiger partial charge in [0.2, 0.25) is 0 Å². The Kier molecular flexibility index (Phi) is 5.61. The van der Waals surface area contributed by atoms with E-state index in [0.717, 1.165) is 45.4 Å². The summed E-state index contributed by atoms with van der Waals surface area (Å²) in [5, 5.41) is 11.6. The van der Waals surface area contributed by atoms with E-state index in [1.165, 1.54) is 22.4 Å². The molecule has 6 atom stereocenters. The van der Waals surface area contributed by atoms with Crippen LogP contribution in [-0.4, -0.2) is 60.9 Å². The quantitative estimate of drug-likeness (QED) is 0.576. The molecule has 5 nitrogen and oxygen atoms in total. The fourth-order valence-corrected chi connectivity index (χ4v) is 6.80. The van der Waals surface area contributed by atoms with Gasteiger partial charge in [0.05, 0.1) is 12.0 Å². The van der Waals surface area contributed by atoms with Crippen molar-refractivity contribution in [1.82, 2.24) is 4.90 Å². The molecule has 2 heterocycles. The molecular weight excluding hydrogens is 400 g/mol. The van der Waals surface area contributed by atoms with Crippen molar-refractivity contribution in [3.8, 4) is 0 Å². The van der Waals surface area contributed by atoms with E-state index in [0.29, 0.717) is 12.5 Å². The molecule has 0 unspecified atom stereocenters. The summed E-state index contributed by atoms with van der Waals surface area (Å²) in [6.07, 6.45) is 4.59. The number of rotatable bonds is 3. The molecule has 2 aliphatic carbocycles. The number of carbonyl (C=O) groups excluding carboxylic acids is 1. The van der Waals surface area contributed by atoms with Crippen molar-refractivity contribution in [2.24, 2.45) is 23.2 Å². The predicted molar refractivity (Wildman–Crippen MR) is 127 cm³/mol. The summed E-state index contributed by atoms with van der Waals surface area (Å²) in [5.74, 6) is -0.000529. The summed E-state index contributed by atoms with van der Waals surface area (Å²) in [4.78, 5) is 17.8. The van der Waals surface area contributed by atoms with Crippen LogP contribution < -0.4 is 4.90 Å². The SMILES string of the molecule is Cc1cccc(N2CCN(C[C@H]3C(=O)O[C@@H]4CC5=CCC[C@@H](C)[C@@]5(C)[C@H](O)[C@H]43)CC2)c1C. The van der Waals surface area contributed by atoms with Crippen LogP contribution in [0.4, 0.5) is 5.69 Å². The number of aliphatic hydroxyl groups is 1. The maximum absolute atomic E-state index is 12.9. The van der Waals surface area contributed by atoms with Crippen molar-refractivity contribution >= 4 is 11.7 Å². The number of aliphatic hydroxyl groups excluding tert-OH is 1. The van der Waals surface area contributed by atoms with Crippen LogP contribution in [-0.2, 0) is 9.53 Å².